The molecule has 124 valence electrons. The molecule has 0 radical (unpaired) electrons. The fraction of sp³-hybridized carbons (Fsp3) is 0.364. The van der Waals surface area contributed by atoms with E-state index in [1.165, 1.54) is 33.2 Å². The fourth-order valence-electron chi connectivity index (χ4n) is 1.41. The van der Waals surface area contributed by atoms with Crippen molar-refractivity contribution in [3.8, 4) is 5.75 Å². The van der Waals surface area contributed by atoms with Gasteiger partial charge in [0.25, 0.3) is 10.2 Å². The number of rotatable bonds is 6. The summed E-state index contributed by atoms with van der Waals surface area (Å²) in [6.07, 6.45) is -1.31. The Bertz CT molecular complexity index is 715. The van der Waals surface area contributed by atoms with E-state index in [2.05, 4.69) is 0 Å². The standard InChI is InChI=1S/C11H17N3O6S2/c1-4-14(22(18,19)13(2)3)21(16,17)12-11(15)20-10-8-6-5-7-9-10/h5-9H,4H2,1-3H3,(H,12,15). The quantitative estimate of drug-likeness (QED) is 0.780. The summed E-state index contributed by atoms with van der Waals surface area (Å²) in [6.45, 7) is 0.942. The average Bonchev–Trinajstić information content (AvgIpc) is 2.38. The molecular formula is C11H17N3O6S2. The first-order valence-electron chi connectivity index (χ1n) is 6.11. The van der Waals surface area contributed by atoms with Crippen LogP contribution < -0.4 is 9.46 Å². The molecule has 22 heavy (non-hydrogen) atoms. The summed E-state index contributed by atoms with van der Waals surface area (Å²) in [5, 5.41) is 0. The summed E-state index contributed by atoms with van der Waals surface area (Å²) in [6, 6.07) is 7.75. The number of carbonyl (C=O) groups is 1. The van der Waals surface area contributed by atoms with Crippen molar-refractivity contribution in [2.24, 2.45) is 0 Å². The molecule has 0 aliphatic rings. The monoisotopic (exact) mass is 351 g/mol. The zero-order valence-electron chi connectivity index (χ0n) is 12.3. The molecular weight excluding hydrogens is 334 g/mol. The lowest BCUT2D eigenvalue weighted by Crippen LogP contribution is -2.50. The Morgan fingerprint density at radius 2 is 1.68 bits per heavy atom. The van der Waals surface area contributed by atoms with Crippen LogP contribution in [-0.4, -0.2) is 51.6 Å². The van der Waals surface area contributed by atoms with Gasteiger partial charge in [-0.2, -0.15) is 21.1 Å². The number of ether oxygens (including phenoxy) is 1. The van der Waals surface area contributed by atoms with Crippen molar-refractivity contribution in [2.75, 3.05) is 20.6 Å². The second-order valence-electron chi connectivity index (χ2n) is 4.19. The first kappa shape index (κ1) is 18.4. The van der Waals surface area contributed by atoms with Crippen LogP contribution in [0.5, 0.6) is 5.75 Å². The van der Waals surface area contributed by atoms with E-state index >= 15 is 0 Å². The van der Waals surface area contributed by atoms with Gasteiger partial charge in [0.15, 0.2) is 0 Å². The van der Waals surface area contributed by atoms with Gasteiger partial charge < -0.3 is 4.74 Å². The van der Waals surface area contributed by atoms with E-state index in [0.717, 1.165) is 4.31 Å². The number of para-hydroxylation sites is 1. The average molecular weight is 351 g/mol. The van der Waals surface area contributed by atoms with Crippen LogP contribution in [0.25, 0.3) is 0 Å². The molecule has 0 aliphatic carbocycles. The Kier molecular flexibility index (Phi) is 5.88. The maximum Gasteiger partial charge on any atom is 0.427 e. The summed E-state index contributed by atoms with van der Waals surface area (Å²) < 4.78 is 55.1. The van der Waals surface area contributed by atoms with Gasteiger partial charge in [-0.05, 0) is 12.1 Å². The molecule has 0 saturated carbocycles. The second kappa shape index (κ2) is 7.05. The number of nitrogens with zero attached hydrogens (tertiary/aromatic N) is 2. The van der Waals surface area contributed by atoms with Gasteiger partial charge in [-0.3, -0.25) is 0 Å². The maximum absolute atomic E-state index is 12.0. The van der Waals surface area contributed by atoms with Gasteiger partial charge in [0, 0.05) is 20.6 Å². The van der Waals surface area contributed by atoms with Crippen molar-refractivity contribution in [1.29, 1.82) is 0 Å². The van der Waals surface area contributed by atoms with Crippen LogP contribution >= 0.6 is 0 Å². The van der Waals surface area contributed by atoms with Crippen molar-refractivity contribution in [2.45, 2.75) is 6.92 Å². The van der Waals surface area contributed by atoms with Crippen molar-refractivity contribution in [3.63, 3.8) is 0 Å². The SMILES string of the molecule is CCN(S(=O)(=O)NC(=O)Oc1ccccc1)S(=O)(=O)N(C)C. The van der Waals surface area contributed by atoms with E-state index < -0.39 is 26.5 Å². The maximum atomic E-state index is 12.0. The number of nitrogens with one attached hydrogen (secondary N) is 1. The Balaban J connectivity index is 2.92. The molecule has 1 amide bonds. The molecule has 0 saturated heterocycles. The van der Waals surface area contributed by atoms with Gasteiger partial charge in [-0.15, -0.1) is 0 Å². The van der Waals surface area contributed by atoms with Gasteiger partial charge in [0.2, 0.25) is 0 Å². The summed E-state index contributed by atoms with van der Waals surface area (Å²) in [7, 11) is -6.52. The van der Waals surface area contributed by atoms with Gasteiger partial charge in [-0.25, -0.2) is 9.52 Å². The Labute approximate surface area is 129 Å². The summed E-state index contributed by atoms with van der Waals surface area (Å²) >= 11 is 0. The minimum absolute atomic E-state index is 0.119. The summed E-state index contributed by atoms with van der Waals surface area (Å²) in [5.74, 6) is 0.119. The van der Waals surface area contributed by atoms with Gasteiger partial charge >= 0.3 is 16.3 Å². The van der Waals surface area contributed by atoms with Crippen molar-refractivity contribution < 1.29 is 26.4 Å². The molecule has 1 aromatic carbocycles. The highest BCUT2D eigenvalue weighted by atomic mass is 32.3. The topological polar surface area (TPSA) is 113 Å². The molecule has 0 spiro atoms. The van der Waals surface area contributed by atoms with E-state index in [-0.39, 0.29) is 16.0 Å². The lowest BCUT2D eigenvalue weighted by atomic mass is 10.3. The zero-order chi connectivity index (χ0) is 17.0. The number of hydrogen-bond donors (Lipinski definition) is 1. The molecule has 1 N–H and O–H groups in total. The third-order valence-corrected chi connectivity index (χ3v) is 6.48. The molecule has 0 heterocycles. The van der Waals surface area contributed by atoms with E-state index in [4.69, 9.17) is 4.74 Å². The molecule has 0 fully saturated rings. The van der Waals surface area contributed by atoms with E-state index in [9.17, 15) is 21.6 Å². The lowest BCUT2D eigenvalue weighted by Gasteiger charge is -2.23. The van der Waals surface area contributed by atoms with E-state index in [0.29, 0.717) is 0 Å². The molecule has 9 nitrogen and oxygen atoms in total. The van der Waals surface area contributed by atoms with Crippen LogP contribution in [0.3, 0.4) is 0 Å². The Morgan fingerprint density at radius 1 is 1.14 bits per heavy atom. The summed E-state index contributed by atoms with van der Waals surface area (Å²) in [4.78, 5) is 11.6. The van der Waals surface area contributed by atoms with Gasteiger partial charge in [0.1, 0.15) is 5.75 Å². The molecule has 1 rings (SSSR count). The number of amides is 1. The predicted molar refractivity (Wildman–Crippen MR) is 79.5 cm³/mol. The van der Waals surface area contributed by atoms with E-state index in [1.54, 1.807) is 22.9 Å². The van der Waals surface area contributed by atoms with Crippen LogP contribution in [0.4, 0.5) is 4.79 Å². The minimum atomic E-state index is -4.62. The molecule has 0 atom stereocenters. The number of carbonyl (C=O) groups excluding carboxylic acids is 1. The van der Waals surface area contributed by atoms with Gasteiger partial charge in [-0.1, -0.05) is 28.8 Å². The lowest BCUT2D eigenvalue weighted by molar-refractivity contribution is 0.206. The third-order valence-electron chi connectivity index (χ3n) is 2.41. The largest absolute Gasteiger partial charge is 0.427 e. The van der Waals surface area contributed by atoms with Crippen molar-refractivity contribution >= 4 is 26.5 Å². The van der Waals surface area contributed by atoms with Crippen LogP contribution in [0.2, 0.25) is 0 Å². The zero-order valence-corrected chi connectivity index (χ0v) is 13.9. The second-order valence-corrected chi connectivity index (χ2v) is 8.08. The first-order chi connectivity index (χ1) is 10.1. The smallest absolute Gasteiger partial charge is 0.410 e. The van der Waals surface area contributed by atoms with Crippen LogP contribution in [0, 0.1) is 0 Å². The number of benzene rings is 1. The van der Waals surface area contributed by atoms with Crippen LogP contribution in [-0.2, 0) is 20.4 Å². The fourth-order valence-corrected chi connectivity index (χ4v) is 4.30. The Morgan fingerprint density at radius 3 is 2.14 bits per heavy atom. The molecule has 0 bridgehead atoms. The van der Waals surface area contributed by atoms with E-state index in [1.807, 2.05) is 0 Å². The van der Waals surface area contributed by atoms with Gasteiger partial charge in [0.05, 0.1) is 0 Å². The number of hydrogen-bond acceptors (Lipinski definition) is 6. The minimum Gasteiger partial charge on any atom is -0.410 e. The van der Waals surface area contributed by atoms with Crippen molar-refractivity contribution in [1.82, 2.24) is 12.7 Å². The van der Waals surface area contributed by atoms with Crippen LogP contribution in [0.15, 0.2) is 30.3 Å². The summed E-state index contributed by atoms with van der Waals surface area (Å²) in [5.41, 5.74) is 0. The highest BCUT2D eigenvalue weighted by Gasteiger charge is 2.35. The van der Waals surface area contributed by atoms with Crippen LogP contribution in [0.1, 0.15) is 6.92 Å². The predicted octanol–water partition coefficient (Wildman–Crippen LogP) is 0.148. The first-order valence-corrected chi connectivity index (χ1v) is 8.95. The molecule has 1 aromatic rings. The molecule has 0 aromatic heterocycles. The molecule has 0 unspecified atom stereocenters. The Hall–Kier alpha value is -1.69. The highest BCUT2D eigenvalue weighted by Crippen LogP contribution is 2.11. The molecule has 0 aliphatic heterocycles. The third kappa shape index (κ3) is 4.40. The molecule has 11 heteroatoms. The highest BCUT2D eigenvalue weighted by molar-refractivity contribution is 8.02. The normalized spacial score (nSPS) is 12.4. The van der Waals surface area contributed by atoms with Crippen molar-refractivity contribution in [3.05, 3.63) is 30.3 Å².